The number of hydrogen-bond acceptors (Lipinski definition) is 5. The maximum Gasteiger partial charge on any atom is 0.135 e. The fourth-order valence-corrected chi connectivity index (χ4v) is 1.17. The summed E-state index contributed by atoms with van der Waals surface area (Å²) in [4.78, 5) is 11.3. The van der Waals surface area contributed by atoms with E-state index in [0.29, 0.717) is 39.8 Å². The second-order valence-corrected chi connectivity index (χ2v) is 3.49. The van der Waals surface area contributed by atoms with Crippen molar-refractivity contribution in [1.82, 2.24) is 10.6 Å². The molecule has 0 aliphatic heterocycles. The van der Waals surface area contributed by atoms with Gasteiger partial charge in [-0.15, -0.1) is 0 Å². The molecule has 0 aliphatic carbocycles. The zero-order chi connectivity index (χ0) is 12.2. The fraction of sp³-hybridized carbons (Fsp3) is 0.909. The molecule has 5 heteroatoms. The van der Waals surface area contributed by atoms with Gasteiger partial charge in [-0.1, -0.05) is 0 Å². The van der Waals surface area contributed by atoms with Crippen LogP contribution >= 0.6 is 0 Å². The number of ether oxygens (including phenoxy) is 2. The summed E-state index contributed by atoms with van der Waals surface area (Å²) in [6.07, 6.45) is 0. The van der Waals surface area contributed by atoms with Crippen LogP contribution in [0.5, 0.6) is 0 Å². The predicted octanol–water partition coefficient (Wildman–Crippen LogP) is 0.359. The Kier molecular flexibility index (Phi) is 10.7. The number of ketones is 1. The highest BCUT2D eigenvalue weighted by Crippen LogP contribution is 1.94. The first kappa shape index (κ1) is 15.5. The van der Waals surface area contributed by atoms with Gasteiger partial charge in [0.05, 0.1) is 13.5 Å². The van der Waals surface area contributed by atoms with Crippen molar-refractivity contribution in [2.24, 2.45) is 5.92 Å². The van der Waals surface area contributed by atoms with E-state index in [0.717, 1.165) is 0 Å². The van der Waals surface area contributed by atoms with Crippen molar-refractivity contribution in [3.63, 3.8) is 0 Å². The standard InChI is InChI=1S/C11H24N2O3/c1-4-15-8-12-6-11(10(3)14)7-13-9-16-5-2/h11-13H,4-9H2,1-3H3. The summed E-state index contributed by atoms with van der Waals surface area (Å²) in [5.41, 5.74) is 0. The minimum absolute atomic E-state index is 0.0269. The van der Waals surface area contributed by atoms with Crippen LogP contribution in [0.25, 0.3) is 0 Å². The van der Waals surface area contributed by atoms with Crippen molar-refractivity contribution in [2.45, 2.75) is 20.8 Å². The average Bonchev–Trinajstić information content (AvgIpc) is 2.26. The minimum atomic E-state index is -0.0269. The van der Waals surface area contributed by atoms with E-state index < -0.39 is 0 Å². The molecule has 0 aliphatic rings. The maximum absolute atomic E-state index is 11.3. The van der Waals surface area contributed by atoms with E-state index in [1.54, 1.807) is 6.92 Å². The summed E-state index contributed by atoms with van der Waals surface area (Å²) >= 11 is 0. The molecule has 0 unspecified atom stereocenters. The fourth-order valence-electron chi connectivity index (χ4n) is 1.17. The van der Waals surface area contributed by atoms with Crippen LogP contribution in [0.3, 0.4) is 0 Å². The Morgan fingerprint density at radius 1 is 1.06 bits per heavy atom. The molecule has 0 saturated heterocycles. The third-order valence-electron chi connectivity index (χ3n) is 2.17. The first-order valence-electron chi connectivity index (χ1n) is 5.79. The predicted molar refractivity (Wildman–Crippen MR) is 63.2 cm³/mol. The highest BCUT2D eigenvalue weighted by Gasteiger charge is 2.12. The van der Waals surface area contributed by atoms with Gasteiger partial charge in [-0.25, -0.2) is 0 Å². The van der Waals surface area contributed by atoms with Gasteiger partial charge in [0, 0.05) is 32.2 Å². The third-order valence-corrected chi connectivity index (χ3v) is 2.17. The van der Waals surface area contributed by atoms with Gasteiger partial charge in [0.25, 0.3) is 0 Å². The number of Topliss-reactive ketones (excluding diaryl/α,β-unsaturated/α-hetero) is 1. The molecular weight excluding hydrogens is 208 g/mol. The first-order chi connectivity index (χ1) is 7.72. The second kappa shape index (κ2) is 11.0. The largest absolute Gasteiger partial charge is 0.367 e. The quantitative estimate of drug-likeness (QED) is 0.398. The summed E-state index contributed by atoms with van der Waals surface area (Å²) in [6.45, 7) is 9.10. The van der Waals surface area contributed by atoms with Gasteiger partial charge in [-0.3, -0.25) is 15.4 Å². The van der Waals surface area contributed by atoms with Crippen LogP contribution in [0.4, 0.5) is 0 Å². The van der Waals surface area contributed by atoms with E-state index in [1.165, 1.54) is 0 Å². The average molecular weight is 232 g/mol. The van der Waals surface area contributed by atoms with Crippen molar-refractivity contribution >= 4 is 5.78 Å². The molecule has 96 valence electrons. The minimum Gasteiger partial charge on any atom is -0.367 e. The van der Waals surface area contributed by atoms with Crippen molar-refractivity contribution in [2.75, 3.05) is 39.8 Å². The Morgan fingerprint density at radius 3 is 1.81 bits per heavy atom. The van der Waals surface area contributed by atoms with Gasteiger partial charge in [0.15, 0.2) is 0 Å². The van der Waals surface area contributed by atoms with Gasteiger partial charge in [0.1, 0.15) is 5.78 Å². The molecule has 0 heterocycles. The summed E-state index contributed by atoms with van der Waals surface area (Å²) in [7, 11) is 0. The third kappa shape index (κ3) is 8.79. The lowest BCUT2D eigenvalue weighted by Gasteiger charge is -2.15. The zero-order valence-corrected chi connectivity index (χ0v) is 10.5. The smallest absolute Gasteiger partial charge is 0.135 e. The Morgan fingerprint density at radius 2 is 1.50 bits per heavy atom. The molecular formula is C11H24N2O3. The van der Waals surface area contributed by atoms with Crippen molar-refractivity contribution in [1.29, 1.82) is 0 Å². The number of nitrogens with one attached hydrogen (secondary N) is 2. The molecule has 0 aromatic heterocycles. The van der Waals surface area contributed by atoms with Gasteiger partial charge in [-0.05, 0) is 20.8 Å². The molecule has 0 rings (SSSR count). The van der Waals surface area contributed by atoms with Crippen molar-refractivity contribution in [3.8, 4) is 0 Å². The Balaban J connectivity index is 3.59. The lowest BCUT2D eigenvalue weighted by Crippen LogP contribution is -2.37. The number of rotatable bonds is 11. The second-order valence-electron chi connectivity index (χ2n) is 3.49. The topological polar surface area (TPSA) is 59.6 Å². The van der Waals surface area contributed by atoms with Crippen molar-refractivity contribution < 1.29 is 14.3 Å². The Bertz CT molecular complexity index is 165. The van der Waals surface area contributed by atoms with Crippen LogP contribution in [0, 0.1) is 5.92 Å². The number of hydrogen-bond donors (Lipinski definition) is 2. The summed E-state index contributed by atoms with van der Waals surface area (Å²) < 4.78 is 10.3. The van der Waals surface area contributed by atoms with Crippen LogP contribution in [0.1, 0.15) is 20.8 Å². The monoisotopic (exact) mass is 232 g/mol. The van der Waals surface area contributed by atoms with E-state index in [-0.39, 0.29) is 11.7 Å². The molecule has 0 spiro atoms. The van der Waals surface area contributed by atoms with Crippen LogP contribution < -0.4 is 10.6 Å². The van der Waals surface area contributed by atoms with E-state index in [2.05, 4.69) is 10.6 Å². The summed E-state index contributed by atoms with van der Waals surface area (Å²) in [5, 5.41) is 6.17. The van der Waals surface area contributed by atoms with Gasteiger partial charge in [0.2, 0.25) is 0 Å². The first-order valence-corrected chi connectivity index (χ1v) is 5.79. The van der Waals surface area contributed by atoms with Gasteiger partial charge < -0.3 is 9.47 Å². The van der Waals surface area contributed by atoms with E-state index in [1.807, 2.05) is 13.8 Å². The van der Waals surface area contributed by atoms with E-state index in [9.17, 15) is 4.79 Å². The van der Waals surface area contributed by atoms with Crippen molar-refractivity contribution in [3.05, 3.63) is 0 Å². The molecule has 16 heavy (non-hydrogen) atoms. The zero-order valence-electron chi connectivity index (χ0n) is 10.5. The molecule has 0 amide bonds. The summed E-state index contributed by atoms with van der Waals surface area (Å²) in [5.74, 6) is 0.147. The normalized spacial score (nSPS) is 11.0. The molecule has 0 radical (unpaired) electrons. The Labute approximate surface area is 97.9 Å². The van der Waals surface area contributed by atoms with Gasteiger partial charge >= 0.3 is 0 Å². The van der Waals surface area contributed by atoms with Crippen LogP contribution in [-0.2, 0) is 14.3 Å². The van der Waals surface area contributed by atoms with Crippen LogP contribution in [-0.4, -0.2) is 45.5 Å². The van der Waals surface area contributed by atoms with Crippen LogP contribution in [0.2, 0.25) is 0 Å². The van der Waals surface area contributed by atoms with Gasteiger partial charge in [-0.2, -0.15) is 0 Å². The molecule has 0 atom stereocenters. The summed E-state index contributed by atoms with van der Waals surface area (Å²) in [6, 6.07) is 0. The number of carbonyl (C=O) groups excluding carboxylic acids is 1. The lowest BCUT2D eigenvalue weighted by molar-refractivity contribution is -0.120. The SMILES string of the molecule is CCOCNCC(CNCOCC)C(C)=O. The molecule has 0 saturated carbocycles. The van der Waals surface area contributed by atoms with Crippen LogP contribution in [0.15, 0.2) is 0 Å². The number of carbonyl (C=O) groups is 1. The maximum atomic E-state index is 11.3. The molecule has 0 fully saturated rings. The Hall–Kier alpha value is -0.490. The molecule has 5 nitrogen and oxygen atoms in total. The highest BCUT2D eigenvalue weighted by atomic mass is 16.5. The van der Waals surface area contributed by atoms with E-state index in [4.69, 9.17) is 9.47 Å². The molecule has 0 aromatic carbocycles. The molecule has 2 N–H and O–H groups in total. The van der Waals surface area contributed by atoms with E-state index >= 15 is 0 Å². The lowest BCUT2D eigenvalue weighted by atomic mass is 10.1. The molecule has 0 bridgehead atoms. The molecule has 0 aromatic rings. The highest BCUT2D eigenvalue weighted by molar-refractivity contribution is 5.78.